The van der Waals surface area contributed by atoms with Gasteiger partial charge in [-0.25, -0.2) is 0 Å². The molecule has 1 heterocycles. The molecule has 23 heavy (non-hydrogen) atoms. The number of nitrogens with zero attached hydrogens (tertiary/aromatic N) is 1. The number of H-pyrrole nitrogens is 1. The van der Waals surface area contributed by atoms with Crippen molar-refractivity contribution in [1.29, 1.82) is 0 Å². The Morgan fingerprint density at radius 3 is 2.74 bits per heavy atom. The van der Waals surface area contributed by atoms with Gasteiger partial charge < -0.3 is 9.72 Å². The summed E-state index contributed by atoms with van der Waals surface area (Å²) < 4.78 is 5.20. The highest BCUT2D eigenvalue weighted by Crippen LogP contribution is 2.25. The third kappa shape index (κ3) is 3.19. The van der Waals surface area contributed by atoms with Gasteiger partial charge in [-0.15, -0.1) is 0 Å². The molecule has 2 aromatic carbocycles. The molecule has 6 heteroatoms. The minimum atomic E-state index is -0.442. The molecule has 0 atom stereocenters. The lowest BCUT2D eigenvalue weighted by molar-refractivity contribution is -0.384. The maximum absolute atomic E-state index is 10.8. The first-order valence-electron chi connectivity index (χ1n) is 6.85. The highest BCUT2D eigenvalue weighted by Gasteiger charge is 2.08. The van der Waals surface area contributed by atoms with Crippen LogP contribution in [0.15, 0.2) is 42.5 Å². The number of hydrogen-bond acceptors (Lipinski definition) is 3. The van der Waals surface area contributed by atoms with Gasteiger partial charge in [0.2, 0.25) is 0 Å². The van der Waals surface area contributed by atoms with Gasteiger partial charge in [-0.2, -0.15) is 0 Å². The molecule has 0 aliphatic carbocycles. The van der Waals surface area contributed by atoms with Gasteiger partial charge in [0.25, 0.3) is 5.69 Å². The smallest absolute Gasteiger partial charge is 0.270 e. The summed E-state index contributed by atoms with van der Waals surface area (Å²) in [4.78, 5) is 13.6. The number of benzene rings is 2. The summed E-state index contributed by atoms with van der Waals surface area (Å²) in [5.41, 5.74) is 2.46. The van der Waals surface area contributed by atoms with Crippen LogP contribution in [0.25, 0.3) is 23.1 Å². The standard InChI is InChI=1S/C17H13ClN2O3/c1-23-15-5-7-17-12(10-15)8-13(19-17)3-2-11-9-14(20(21)22)4-6-16(11)18/h2-10,19H,1H3/b3-2+. The van der Waals surface area contributed by atoms with Gasteiger partial charge in [-0.05, 0) is 42.0 Å². The number of nitrogens with one attached hydrogen (secondary N) is 1. The quantitative estimate of drug-likeness (QED) is 0.546. The van der Waals surface area contributed by atoms with E-state index in [4.69, 9.17) is 16.3 Å². The summed E-state index contributed by atoms with van der Waals surface area (Å²) in [6.45, 7) is 0. The Kier molecular flexibility index (Phi) is 4.04. The Balaban J connectivity index is 1.93. The third-order valence-corrected chi connectivity index (χ3v) is 3.83. The highest BCUT2D eigenvalue weighted by molar-refractivity contribution is 6.32. The fraction of sp³-hybridized carbons (Fsp3) is 0.0588. The van der Waals surface area contributed by atoms with Crippen molar-refractivity contribution in [3.63, 3.8) is 0 Å². The number of halogens is 1. The van der Waals surface area contributed by atoms with Crippen LogP contribution in [-0.2, 0) is 0 Å². The summed E-state index contributed by atoms with van der Waals surface area (Å²) in [7, 11) is 1.62. The normalized spacial score (nSPS) is 11.2. The lowest BCUT2D eigenvalue weighted by Gasteiger charge is -1.98. The van der Waals surface area contributed by atoms with Gasteiger partial charge in [0, 0.05) is 33.8 Å². The Labute approximate surface area is 137 Å². The van der Waals surface area contributed by atoms with Crippen molar-refractivity contribution >= 4 is 40.3 Å². The number of ether oxygens (including phenoxy) is 1. The van der Waals surface area contributed by atoms with E-state index in [1.165, 1.54) is 18.2 Å². The number of fused-ring (bicyclic) bond motifs is 1. The lowest BCUT2D eigenvalue weighted by atomic mass is 10.1. The van der Waals surface area contributed by atoms with Crippen LogP contribution in [0.5, 0.6) is 5.75 Å². The number of non-ortho nitro benzene ring substituents is 1. The Morgan fingerprint density at radius 1 is 1.17 bits per heavy atom. The van der Waals surface area contributed by atoms with Crippen molar-refractivity contribution in [2.45, 2.75) is 0 Å². The zero-order chi connectivity index (χ0) is 16.4. The van der Waals surface area contributed by atoms with Crippen LogP contribution in [0.1, 0.15) is 11.3 Å². The van der Waals surface area contributed by atoms with E-state index < -0.39 is 4.92 Å². The number of nitro benzene ring substituents is 1. The molecule has 0 aliphatic rings. The van der Waals surface area contributed by atoms with Crippen LogP contribution >= 0.6 is 11.6 Å². The van der Waals surface area contributed by atoms with E-state index in [9.17, 15) is 10.1 Å². The molecule has 5 nitrogen and oxygen atoms in total. The van der Waals surface area contributed by atoms with Crippen LogP contribution in [0, 0.1) is 10.1 Å². The first-order chi connectivity index (χ1) is 11.1. The fourth-order valence-electron chi connectivity index (χ4n) is 2.30. The van der Waals surface area contributed by atoms with E-state index >= 15 is 0 Å². The van der Waals surface area contributed by atoms with Crippen LogP contribution in [0.2, 0.25) is 5.02 Å². The maximum Gasteiger partial charge on any atom is 0.270 e. The third-order valence-electron chi connectivity index (χ3n) is 3.48. The molecule has 3 rings (SSSR count). The van der Waals surface area contributed by atoms with Crippen molar-refractivity contribution in [3.8, 4) is 5.75 Å². The number of nitro groups is 1. The predicted octanol–water partition coefficient (Wildman–Crippen LogP) is 4.91. The zero-order valence-corrected chi connectivity index (χ0v) is 13.0. The van der Waals surface area contributed by atoms with Gasteiger partial charge in [0.15, 0.2) is 0 Å². The van der Waals surface area contributed by atoms with Crippen molar-refractivity contribution in [3.05, 3.63) is 68.9 Å². The van der Waals surface area contributed by atoms with E-state index in [1.807, 2.05) is 30.3 Å². The second kappa shape index (κ2) is 6.14. The predicted molar refractivity (Wildman–Crippen MR) is 91.9 cm³/mol. The molecule has 0 saturated heterocycles. The first-order valence-corrected chi connectivity index (χ1v) is 7.23. The Bertz CT molecular complexity index is 915. The number of aromatic amines is 1. The number of aromatic nitrogens is 1. The maximum atomic E-state index is 10.8. The largest absolute Gasteiger partial charge is 0.497 e. The Hall–Kier alpha value is -2.79. The molecule has 0 bridgehead atoms. The number of rotatable bonds is 4. The van der Waals surface area contributed by atoms with Crippen LogP contribution < -0.4 is 4.74 Å². The Morgan fingerprint density at radius 2 is 2.00 bits per heavy atom. The summed E-state index contributed by atoms with van der Waals surface area (Å²) in [6.07, 6.45) is 3.58. The van der Waals surface area contributed by atoms with Gasteiger partial charge in [-0.3, -0.25) is 10.1 Å². The molecule has 3 aromatic rings. The van der Waals surface area contributed by atoms with Gasteiger partial charge in [0.1, 0.15) is 5.75 Å². The molecule has 0 saturated carbocycles. The highest BCUT2D eigenvalue weighted by atomic mass is 35.5. The average molecular weight is 329 g/mol. The fourth-order valence-corrected chi connectivity index (χ4v) is 2.48. The summed E-state index contributed by atoms with van der Waals surface area (Å²) >= 11 is 6.08. The second-order valence-corrected chi connectivity index (χ2v) is 5.38. The minimum Gasteiger partial charge on any atom is -0.497 e. The van der Waals surface area contributed by atoms with Gasteiger partial charge in [0.05, 0.1) is 12.0 Å². The molecule has 0 radical (unpaired) electrons. The molecule has 0 aliphatic heterocycles. The van der Waals surface area contributed by atoms with Crippen molar-refractivity contribution in [2.24, 2.45) is 0 Å². The van der Waals surface area contributed by atoms with Crippen molar-refractivity contribution < 1.29 is 9.66 Å². The monoisotopic (exact) mass is 328 g/mol. The van der Waals surface area contributed by atoms with Crippen molar-refractivity contribution in [2.75, 3.05) is 7.11 Å². The summed E-state index contributed by atoms with van der Waals surface area (Å²) in [5.74, 6) is 0.786. The van der Waals surface area contributed by atoms with E-state index in [0.717, 1.165) is 22.3 Å². The van der Waals surface area contributed by atoms with Gasteiger partial charge in [-0.1, -0.05) is 17.7 Å². The SMILES string of the molecule is COc1ccc2[nH]c(/C=C/c3cc([N+](=O)[O-])ccc3Cl)cc2c1. The van der Waals surface area contributed by atoms with Crippen molar-refractivity contribution in [1.82, 2.24) is 4.98 Å². The minimum absolute atomic E-state index is 0.00966. The van der Waals surface area contributed by atoms with Gasteiger partial charge >= 0.3 is 0 Å². The van der Waals surface area contributed by atoms with E-state index in [0.29, 0.717) is 10.6 Å². The molecule has 1 aromatic heterocycles. The molecular formula is C17H13ClN2O3. The van der Waals surface area contributed by atoms with Crippen LogP contribution in [-0.4, -0.2) is 17.0 Å². The molecule has 0 fully saturated rings. The summed E-state index contributed by atoms with van der Waals surface area (Å²) in [6, 6.07) is 12.1. The summed E-state index contributed by atoms with van der Waals surface area (Å²) in [5, 5.41) is 12.3. The molecule has 116 valence electrons. The molecule has 0 unspecified atom stereocenters. The first kappa shape index (κ1) is 15.1. The number of methoxy groups -OCH3 is 1. The van der Waals surface area contributed by atoms with E-state index in [1.54, 1.807) is 13.2 Å². The average Bonchev–Trinajstić information content (AvgIpc) is 2.95. The zero-order valence-electron chi connectivity index (χ0n) is 12.2. The molecular weight excluding hydrogens is 316 g/mol. The lowest BCUT2D eigenvalue weighted by Crippen LogP contribution is -1.88. The molecule has 0 spiro atoms. The topological polar surface area (TPSA) is 68.2 Å². The van der Waals surface area contributed by atoms with Crippen LogP contribution in [0.3, 0.4) is 0 Å². The second-order valence-electron chi connectivity index (χ2n) is 4.97. The van der Waals surface area contributed by atoms with E-state index in [-0.39, 0.29) is 5.69 Å². The van der Waals surface area contributed by atoms with E-state index in [2.05, 4.69) is 4.98 Å². The van der Waals surface area contributed by atoms with Crippen LogP contribution in [0.4, 0.5) is 5.69 Å². The number of hydrogen-bond donors (Lipinski definition) is 1. The molecule has 0 amide bonds. The molecule has 1 N–H and O–H groups in total.